The second kappa shape index (κ2) is 9.73. The monoisotopic (exact) mass is 470 g/mol. The van der Waals surface area contributed by atoms with Crippen molar-refractivity contribution in [1.82, 2.24) is 4.31 Å². The van der Waals surface area contributed by atoms with Crippen molar-refractivity contribution in [2.45, 2.75) is 24.3 Å². The van der Waals surface area contributed by atoms with E-state index in [-0.39, 0.29) is 10.8 Å². The number of nitrogens with zero attached hydrogens (tertiary/aromatic N) is 1. The van der Waals surface area contributed by atoms with Crippen molar-refractivity contribution in [3.05, 3.63) is 88.9 Å². The highest BCUT2D eigenvalue weighted by Gasteiger charge is 2.26. The zero-order chi connectivity index (χ0) is 22.6. The minimum atomic E-state index is -3.48. The van der Waals surface area contributed by atoms with Crippen LogP contribution in [0, 0.1) is 0 Å². The fraction of sp³-hybridized carbons (Fsp3) is 0.208. The average molecular weight is 471 g/mol. The molecule has 0 atom stereocenters. The molecule has 6 nitrogen and oxygen atoms in total. The summed E-state index contributed by atoms with van der Waals surface area (Å²) < 4.78 is 32.5. The Morgan fingerprint density at radius 3 is 2.41 bits per heavy atom. The molecule has 32 heavy (non-hydrogen) atoms. The lowest BCUT2D eigenvalue weighted by atomic mass is 10.1. The lowest BCUT2D eigenvalue weighted by Gasteiger charge is -2.15. The van der Waals surface area contributed by atoms with Crippen molar-refractivity contribution in [3.63, 3.8) is 0 Å². The number of anilines is 1. The van der Waals surface area contributed by atoms with Gasteiger partial charge in [-0.3, -0.25) is 4.79 Å². The van der Waals surface area contributed by atoms with Gasteiger partial charge >= 0.3 is 0 Å². The quantitative estimate of drug-likeness (QED) is 0.529. The molecular formula is C24H23ClN2O4S. The Balaban J connectivity index is 1.40. The van der Waals surface area contributed by atoms with Crippen molar-refractivity contribution in [2.75, 3.05) is 18.4 Å². The number of ether oxygens (including phenoxy) is 1. The van der Waals surface area contributed by atoms with Crippen LogP contribution in [0.5, 0.6) is 5.75 Å². The highest BCUT2D eigenvalue weighted by atomic mass is 35.5. The van der Waals surface area contributed by atoms with Crippen molar-refractivity contribution < 1.29 is 17.9 Å². The Morgan fingerprint density at radius 1 is 0.969 bits per heavy atom. The maximum absolute atomic E-state index is 12.7. The average Bonchev–Trinajstić information content (AvgIpc) is 3.34. The molecule has 1 aliphatic heterocycles. The summed E-state index contributed by atoms with van der Waals surface area (Å²) in [5, 5.41) is 3.40. The summed E-state index contributed by atoms with van der Waals surface area (Å²) in [6, 6.07) is 20.5. The zero-order valence-corrected chi connectivity index (χ0v) is 18.9. The molecule has 0 radical (unpaired) electrons. The standard InChI is InChI=1S/C24H23ClN2O4S/c25-20-7-4-8-22(16-20)31-17-18-5-3-6-19(15-18)24(28)26-21-9-11-23(12-10-21)32(29,30)27-13-1-2-14-27/h3-12,15-16H,1-2,13-14,17H2,(H,26,28). The van der Waals surface area contributed by atoms with E-state index in [0.29, 0.717) is 41.7 Å². The van der Waals surface area contributed by atoms with Crippen molar-refractivity contribution in [2.24, 2.45) is 0 Å². The van der Waals surface area contributed by atoms with E-state index < -0.39 is 10.0 Å². The molecule has 1 amide bonds. The Morgan fingerprint density at radius 2 is 1.69 bits per heavy atom. The first kappa shape index (κ1) is 22.3. The van der Waals surface area contributed by atoms with Gasteiger partial charge in [0.1, 0.15) is 12.4 Å². The van der Waals surface area contributed by atoms with Crippen LogP contribution in [-0.2, 0) is 16.6 Å². The fourth-order valence-electron chi connectivity index (χ4n) is 3.52. The van der Waals surface area contributed by atoms with E-state index in [9.17, 15) is 13.2 Å². The van der Waals surface area contributed by atoms with Crippen LogP contribution in [0.15, 0.2) is 77.7 Å². The minimum Gasteiger partial charge on any atom is -0.489 e. The van der Waals surface area contributed by atoms with E-state index >= 15 is 0 Å². The first-order chi connectivity index (χ1) is 15.4. The van der Waals surface area contributed by atoms with E-state index in [4.69, 9.17) is 16.3 Å². The molecule has 0 spiro atoms. The minimum absolute atomic E-state index is 0.234. The molecule has 4 rings (SSSR count). The summed E-state index contributed by atoms with van der Waals surface area (Å²) >= 11 is 5.97. The van der Waals surface area contributed by atoms with Gasteiger partial charge in [-0.2, -0.15) is 4.31 Å². The van der Waals surface area contributed by atoms with Crippen LogP contribution in [0.1, 0.15) is 28.8 Å². The van der Waals surface area contributed by atoms with Crippen molar-refractivity contribution in [1.29, 1.82) is 0 Å². The van der Waals surface area contributed by atoms with Gasteiger partial charge < -0.3 is 10.1 Å². The van der Waals surface area contributed by atoms with Gasteiger partial charge in [0.05, 0.1) is 4.90 Å². The number of carbonyl (C=O) groups is 1. The number of carbonyl (C=O) groups excluding carboxylic acids is 1. The molecule has 0 aliphatic carbocycles. The third kappa shape index (κ3) is 5.30. The van der Waals surface area contributed by atoms with Crippen LogP contribution >= 0.6 is 11.6 Å². The van der Waals surface area contributed by atoms with Gasteiger partial charge in [-0.15, -0.1) is 0 Å². The van der Waals surface area contributed by atoms with Gasteiger partial charge in [-0.25, -0.2) is 8.42 Å². The molecule has 8 heteroatoms. The third-order valence-electron chi connectivity index (χ3n) is 5.21. The van der Waals surface area contributed by atoms with E-state index in [1.165, 1.54) is 16.4 Å². The number of rotatable bonds is 7. The highest BCUT2D eigenvalue weighted by Crippen LogP contribution is 2.23. The van der Waals surface area contributed by atoms with Gasteiger partial charge in [0.25, 0.3) is 5.91 Å². The van der Waals surface area contributed by atoms with E-state index in [0.717, 1.165) is 18.4 Å². The molecule has 1 fully saturated rings. The number of sulfonamides is 1. The first-order valence-electron chi connectivity index (χ1n) is 10.3. The summed E-state index contributed by atoms with van der Waals surface area (Å²) in [5.74, 6) is 0.362. The fourth-order valence-corrected chi connectivity index (χ4v) is 5.21. The Bertz CT molecular complexity index is 1210. The number of amides is 1. The number of hydrogen-bond donors (Lipinski definition) is 1. The topological polar surface area (TPSA) is 75.7 Å². The predicted molar refractivity (Wildman–Crippen MR) is 125 cm³/mol. The molecule has 3 aromatic carbocycles. The van der Waals surface area contributed by atoms with Gasteiger partial charge in [-0.05, 0) is 73.0 Å². The lowest BCUT2D eigenvalue weighted by Crippen LogP contribution is -2.27. The molecule has 0 saturated carbocycles. The first-order valence-corrected chi connectivity index (χ1v) is 12.1. The van der Waals surface area contributed by atoms with Crippen LogP contribution in [0.3, 0.4) is 0 Å². The van der Waals surface area contributed by atoms with Crippen LogP contribution in [0.25, 0.3) is 0 Å². The van der Waals surface area contributed by atoms with Crippen LogP contribution in [0.2, 0.25) is 5.02 Å². The summed E-state index contributed by atoms with van der Waals surface area (Å²) in [6.45, 7) is 1.40. The molecule has 0 aromatic heterocycles. The summed E-state index contributed by atoms with van der Waals surface area (Å²) in [6.07, 6.45) is 1.77. The van der Waals surface area contributed by atoms with Gasteiger partial charge in [-0.1, -0.05) is 29.8 Å². The second-order valence-electron chi connectivity index (χ2n) is 7.54. The number of halogens is 1. The summed E-state index contributed by atoms with van der Waals surface area (Å²) in [7, 11) is -3.48. The van der Waals surface area contributed by atoms with Gasteiger partial charge in [0, 0.05) is 29.4 Å². The molecule has 1 saturated heterocycles. The summed E-state index contributed by atoms with van der Waals surface area (Å²) in [5.41, 5.74) is 1.84. The maximum atomic E-state index is 12.7. The normalized spacial score (nSPS) is 14.3. The molecule has 1 aliphatic rings. The smallest absolute Gasteiger partial charge is 0.255 e. The third-order valence-corrected chi connectivity index (χ3v) is 7.35. The number of nitrogens with one attached hydrogen (secondary N) is 1. The molecule has 3 aromatic rings. The van der Waals surface area contributed by atoms with Gasteiger partial charge in [0.2, 0.25) is 10.0 Å². The Kier molecular flexibility index (Phi) is 6.79. The van der Waals surface area contributed by atoms with E-state index in [2.05, 4.69) is 5.32 Å². The molecule has 1 heterocycles. The lowest BCUT2D eigenvalue weighted by molar-refractivity contribution is 0.102. The van der Waals surface area contributed by atoms with Crippen LogP contribution in [0.4, 0.5) is 5.69 Å². The SMILES string of the molecule is O=C(Nc1ccc(S(=O)(=O)N2CCCC2)cc1)c1cccc(COc2cccc(Cl)c2)c1. The van der Waals surface area contributed by atoms with Crippen LogP contribution < -0.4 is 10.1 Å². The maximum Gasteiger partial charge on any atom is 0.255 e. The zero-order valence-electron chi connectivity index (χ0n) is 17.3. The van der Waals surface area contributed by atoms with Crippen molar-refractivity contribution in [3.8, 4) is 5.75 Å². The summed E-state index contributed by atoms with van der Waals surface area (Å²) in [4.78, 5) is 12.9. The molecular weight excluding hydrogens is 448 g/mol. The number of hydrogen-bond acceptors (Lipinski definition) is 4. The second-order valence-corrected chi connectivity index (χ2v) is 9.91. The predicted octanol–water partition coefficient (Wildman–Crippen LogP) is 4.96. The molecule has 0 bridgehead atoms. The Labute approximate surface area is 192 Å². The number of benzene rings is 3. The highest BCUT2D eigenvalue weighted by molar-refractivity contribution is 7.89. The molecule has 1 N–H and O–H groups in total. The molecule has 0 unspecified atom stereocenters. The largest absolute Gasteiger partial charge is 0.489 e. The Hall–Kier alpha value is -2.87. The van der Waals surface area contributed by atoms with E-state index in [1.54, 1.807) is 42.5 Å². The van der Waals surface area contributed by atoms with E-state index in [1.807, 2.05) is 18.2 Å². The van der Waals surface area contributed by atoms with Gasteiger partial charge in [0.15, 0.2) is 0 Å². The van der Waals surface area contributed by atoms with Crippen molar-refractivity contribution >= 4 is 33.2 Å². The van der Waals surface area contributed by atoms with Crippen LogP contribution in [-0.4, -0.2) is 31.7 Å². The molecule has 166 valence electrons.